The van der Waals surface area contributed by atoms with Crippen molar-refractivity contribution in [2.24, 2.45) is 11.8 Å². The van der Waals surface area contributed by atoms with Crippen molar-refractivity contribution >= 4 is 11.8 Å². The minimum absolute atomic E-state index is 0.0477. The molecule has 28 heavy (non-hydrogen) atoms. The van der Waals surface area contributed by atoms with Crippen LogP contribution in [-0.4, -0.2) is 50.5 Å². The molecule has 0 bridgehead atoms. The van der Waals surface area contributed by atoms with Gasteiger partial charge in [0.15, 0.2) is 5.78 Å². The Labute approximate surface area is 166 Å². The maximum Gasteiger partial charge on any atom is 0.303 e. The molecule has 0 spiro atoms. The zero-order valence-electron chi connectivity index (χ0n) is 16.2. The van der Waals surface area contributed by atoms with Gasteiger partial charge in [0, 0.05) is 12.0 Å². The van der Waals surface area contributed by atoms with E-state index in [0.717, 1.165) is 25.7 Å². The standard InChI is InChI=1S/C22H32O6/c23-18(22(28)15-8-4-3-5-9-15)13-12-17-16(19(24)14-20(17)25)10-6-1-2-7-11-21(26)27/h3-5,8-9,16-20,23-25H,1-2,6-7,10-14H2,(H,26,27)/t16-,17?,18?,19+,20?/m1/s1. The van der Waals surface area contributed by atoms with Crippen molar-refractivity contribution in [2.75, 3.05) is 0 Å². The zero-order valence-corrected chi connectivity index (χ0v) is 16.2. The van der Waals surface area contributed by atoms with Crippen LogP contribution in [0.25, 0.3) is 0 Å². The Morgan fingerprint density at radius 1 is 0.929 bits per heavy atom. The topological polar surface area (TPSA) is 115 Å². The number of carbonyl (C=O) groups excluding carboxylic acids is 1. The quantitative estimate of drug-likeness (QED) is 0.321. The molecule has 5 atom stereocenters. The van der Waals surface area contributed by atoms with Gasteiger partial charge in [-0.3, -0.25) is 9.59 Å². The van der Waals surface area contributed by atoms with E-state index in [-0.39, 0.29) is 30.5 Å². The summed E-state index contributed by atoms with van der Waals surface area (Å²) in [6.07, 6.45) is 2.99. The van der Waals surface area contributed by atoms with E-state index in [0.29, 0.717) is 24.8 Å². The predicted octanol–water partition coefficient (Wildman–Crippen LogP) is 2.79. The van der Waals surface area contributed by atoms with Gasteiger partial charge in [-0.15, -0.1) is 0 Å². The molecule has 1 aliphatic carbocycles. The third kappa shape index (κ3) is 6.69. The molecule has 0 amide bonds. The number of hydrogen-bond donors (Lipinski definition) is 4. The van der Waals surface area contributed by atoms with Gasteiger partial charge < -0.3 is 20.4 Å². The second-order valence-electron chi connectivity index (χ2n) is 7.87. The Morgan fingerprint density at radius 3 is 2.18 bits per heavy atom. The molecule has 1 saturated carbocycles. The van der Waals surface area contributed by atoms with Crippen molar-refractivity contribution in [2.45, 2.75) is 76.1 Å². The largest absolute Gasteiger partial charge is 0.481 e. The van der Waals surface area contributed by atoms with E-state index in [4.69, 9.17) is 5.11 Å². The van der Waals surface area contributed by atoms with Crippen LogP contribution in [0.5, 0.6) is 0 Å². The Morgan fingerprint density at radius 2 is 1.54 bits per heavy atom. The molecule has 0 saturated heterocycles. The molecule has 1 aromatic rings. The average Bonchev–Trinajstić information content (AvgIpc) is 2.95. The van der Waals surface area contributed by atoms with E-state index in [1.54, 1.807) is 24.3 Å². The summed E-state index contributed by atoms with van der Waals surface area (Å²) in [5, 5.41) is 39.5. The zero-order chi connectivity index (χ0) is 20.5. The number of benzene rings is 1. The maximum absolute atomic E-state index is 12.3. The van der Waals surface area contributed by atoms with E-state index in [1.807, 2.05) is 6.07 Å². The van der Waals surface area contributed by atoms with Crippen molar-refractivity contribution in [1.82, 2.24) is 0 Å². The van der Waals surface area contributed by atoms with E-state index in [9.17, 15) is 24.9 Å². The van der Waals surface area contributed by atoms with Crippen LogP contribution in [0.15, 0.2) is 30.3 Å². The van der Waals surface area contributed by atoms with Gasteiger partial charge in [-0.05, 0) is 43.9 Å². The van der Waals surface area contributed by atoms with Crippen molar-refractivity contribution < 1.29 is 30.0 Å². The fourth-order valence-electron chi connectivity index (χ4n) is 4.27. The molecule has 0 aromatic heterocycles. The first-order chi connectivity index (χ1) is 13.4. The normalized spacial score (nSPS) is 25.5. The highest BCUT2D eigenvalue weighted by molar-refractivity contribution is 5.99. The van der Waals surface area contributed by atoms with Crippen LogP contribution in [0, 0.1) is 11.8 Å². The highest BCUT2D eigenvalue weighted by atomic mass is 16.4. The lowest BCUT2D eigenvalue weighted by molar-refractivity contribution is -0.137. The fourth-order valence-corrected chi connectivity index (χ4v) is 4.27. The lowest BCUT2D eigenvalue weighted by Crippen LogP contribution is -2.26. The fraction of sp³-hybridized carbons (Fsp3) is 0.636. The summed E-state index contributed by atoms with van der Waals surface area (Å²) in [6.45, 7) is 0. The van der Waals surface area contributed by atoms with E-state index in [1.165, 1.54) is 0 Å². The van der Waals surface area contributed by atoms with Gasteiger partial charge in [0.25, 0.3) is 0 Å². The molecule has 6 nitrogen and oxygen atoms in total. The van der Waals surface area contributed by atoms with Crippen molar-refractivity contribution in [3.63, 3.8) is 0 Å². The Kier molecular flexibility index (Phi) is 9.09. The lowest BCUT2D eigenvalue weighted by atomic mass is 9.84. The number of aliphatic carboxylic acids is 1. The van der Waals surface area contributed by atoms with Gasteiger partial charge in [0.2, 0.25) is 0 Å². The predicted molar refractivity (Wildman–Crippen MR) is 105 cm³/mol. The van der Waals surface area contributed by atoms with E-state index in [2.05, 4.69) is 0 Å². The third-order valence-corrected chi connectivity index (χ3v) is 5.83. The lowest BCUT2D eigenvalue weighted by Gasteiger charge is -2.24. The third-order valence-electron chi connectivity index (χ3n) is 5.83. The molecule has 0 radical (unpaired) electrons. The molecule has 1 aliphatic rings. The summed E-state index contributed by atoms with van der Waals surface area (Å²) in [7, 11) is 0. The Bertz CT molecular complexity index is 617. The number of carboxylic acids is 1. The summed E-state index contributed by atoms with van der Waals surface area (Å²) in [4.78, 5) is 22.8. The summed E-state index contributed by atoms with van der Waals surface area (Å²) in [5.74, 6) is -1.28. The van der Waals surface area contributed by atoms with Gasteiger partial charge >= 0.3 is 5.97 Å². The van der Waals surface area contributed by atoms with Crippen molar-refractivity contribution in [3.05, 3.63) is 35.9 Å². The van der Waals surface area contributed by atoms with Gasteiger partial charge in [-0.25, -0.2) is 0 Å². The number of aliphatic hydroxyl groups excluding tert-OH is 3. The summed E-state index contributed by atoms with van der Waals surface area (Å²) < 4.78 is 0. The smallest absolute Gasteiger partial charge is 0.303 e. The Balaban J connectivity index is 1.79. The number of Topliss-reactive ketones (excluding diaryl/α,β-unsaturated/α-hetero) is 1. The number of carbonyl (C=O) groups is 2. The number of aliphatic hydroxyl groups is 3. The second kappa shape index (κ2) is 11.3. The monoisotopic (exact) mass is 392 g/mol. The highest BCUT2D eigenvalue weighted by Crippen LogP contribution is 2.39. The number of rotatable bonds is 12. The van der Waals surface area contributed by atoms with Crippen LogP contribution in [0.1, 0.15) is 68.1 Å². The van der Waals surface area contributed by atoms with Crippen LogP contribution < -0.4 is 0 Å². The summed E-state index contributed by atoms with van der Waals surface area (Å²) >= 11 is 0. The Hall–Kier alpha value is -1.76. The molecule has 1 aromatic carbocycles. The molecule has 6 heteroatoms. The molecule has 1 fully saturated rings. The number of carboxylic acid groups (broad SMARTS) is 1. The van der Waals surface area contributed by atoms with E-state index >= 15 is 0 Å². The van der Waals surface area contributed by atoms with Gasteiger partial charge in [0.1, 0.15) is 6.10 Å². The minimum Gasteiger partial charge on any atom is -0.481 e. The van der Waals surface area contributed by atoms with Crippen molar-refractivity contribution in [1.29, 1.82) is 0 Å². The molecule has 4 N–H and O–H groups in total. The van der Waals surface area contributed by atoms with Crippen LogP contribution in [0.2, 0.25) is 0 Å². The molecular weight excluding hydrogens is 360 g/mol. The first-order valence-electron chi connectivity index (χ1n) is 10.3. The second-order valence-corrected chi connectivity index (χ2v) is 7.87. The first-order valence-corrected chi connectivity index (χ1v) is 10.3. The number of ketones is 1. The molecule has 156 valence electrons. The van der Waals surface area contributed by atoms with Crippen LogP contribution in [-0.2, 0) is 4.79 Å². The van der Waals surface area contributed by atoms with Crippen LogP contribution in [0.3, 0.4) is 0 Å². The van der Waals surface area contributed by atoms with Gasteiger partial charge in [-0.1, -0.05) is 49.6 Å². The molecule has 0 heterocycles. The molecule has 2 rings (SSSR count). The van der Waals surface area contributed by atoms with Crippen LogP contribution in [0.4, 0.5) is 0 Å². The average molecular weight is 392 g/mol. The highest BCUT2D eigenvalue weighted by Gasteiger charge is 2.41. The van der Waals surface area contributed by atoms with Crippen LogP contribution >= 0.6 is 0 Å². The maximum atomic E-state index is 12.3. The summed E-state index contributed by atoms with van der Waals surface area (Å²) in [5.41, 5.74) is 0.472. The molecular formula is C22H32O6. The first kappa shape index (κ1) is 22.5. The number of unbranched alkanes of at least 4 members (excludes halogenated alkanes) is 3. The van der Waals surface area contributed by atoms with Gasteiger partial charge in [0.05, 0.1) is 12.2 Å². The number of hydrogen-bond acceptors (Lipinski definition) is 5. The van der Waals surface area contributed by atoms with Crippen molar-refractivity contribution in [3.8, 4) is 0 Å². The van der Waals surface area contributed by atoms with E-state index < -0.39 is 24.3 Å². The molecule has 3 unspecified atom stereocenters. The molecule has 0 aliphatic heterocycles. The van der Waals surface area contributed by atoms with Gasteiger partial charge in [-0.2, -0.15) is 0 Å². The summed E-state index contributed by atoms with van der Waals surface area (Å²) in [6, 6.07) is 8.67. The minimum atomic E-state index is -1.11. The SMILES string of the molecule is O=C(O)CCCCCC[C@@H]1C(CCC(O)C(=O)c2ccccc2)C(O)C[C@@H]1O.